The van der Waals surface area contributed by atoms with Crippen LogP contribution < -0.4 is 5.32 Å². The molecule has 1 aliphatic carbocycles. The van der Waals surface area contributed by atoms with E-state index in [0.29, 0.717) is 11.5 Å². The summed E-state index contributed by atoms with van der Waals surface area (Å²) in [6, 6.07) is 0. The molecule has 2 aromatic heterocycles. The van der Waals surface area contributed by atoms with Gasteiger partial charge in [0.05, 0.1) is 6.42 Å². The van der Waals surface area contributed by atoms with Gasteiger partial charge in [0.2, 0.25) is 5.82 Å². The predicted molar refractivity (Wildman–Crippen MR) is 76.7 cm³/mol. The highest BCUT2D eigenvalue weighted by molar-refractivity contribution is 7.15. The second-order valence-corrected chi connectivity index (χ2v) is 6.25. The predicted octanol–water partition coefficient (Wildman–Crippen LogP) is 2.36. The molecule has 1 saturated carbocycles. The quantitative estimate of drug-likeness (QED) is 0.626. The first-order chi connectivity index (χ1) is 10.0. The van der Waals surface area contributed by atoms with E-state index in [1.54, 1.807) is 11.6 Å². The van der Waals surface area contributed by atoms with E-state index in [9.17, 15) is 14.9 Å². The summed E-state index contributed by atoms with van der Waals surface area (Å²) < 4.78 is 1.43. The summed E-state index contributed by atoms with van der Waals surface area (Å²) in [7, 11) is 0. The van der Waals surface area contributed by atoms with Gasteiger partial charge in [-0.2, -0.15) is 9.38 Å². The molecule has 0 aliphatic heterocycles. The highest BCUT2D eigenvalue weighted by atomic mass is 32.1. The van der Waals surface area contributed by atoms with Crippen LogP contribution in [0.2, 0.25) is 0 Å². The van der Waals surface area contributed by atoms with Crippen LogP contribution in [0.15, 0.2) is 11.6 Å². The van der Waals surface area contributed by atoms with Crippen LogP contribution in [0.1, 0.15) is 25.7 Å². The number of imidazole rings is 1. The Morgan fingerprint density at radius 2 is 2.38 bits per heavy atom. The van der Waals surface area contributed by atoms with Crippen molar-refractivity contribution in [2.45, 2.75) is 25.7 Å². The molecule has 0 atom stereocenters. The van der Waals surface area contributed by atoms with Gasteiger partial charge in [-0.15, -0.1) is 0 Å². The largest absolute Gasteiger partial charge is 0.481 e. The highest BCUT2D eigenvalue weighted by Gasteiger charge is 2.39. The number of nitro groups is 1. The Bertz CT molecular complexity index is 703. The summed E-state index contributed by atoms with van der Waals surface area (Å²) in [6.45, 7) is 0.394. The van der Waals surface area contributed by atoms with E-state index in [2.05, 4.69) is 10.3 Å². The van der Waals surface area contributed by atoms with Crippen molar-refractivity contribution >= 4 is 33.9 Å². The molecule has 2 N–H and O–H groups in total. The number of carbonyl (C=O) groups is 1. The maximum atomic E-state index is 11.2. The van der Waals surface area contributed by atoms with E-state index in [0.717, 1.165) is 19.3 Å². The molecule has 0 aromatic carbocycles. The van der Waals surface area contributed by atoms with Crippen molar-refractivity contribution in [2.24, 2.45) is 5.41 Å². The molecule has 2 heterocycles. The molecule has 1 aliphatic rings. The van der Waals surface area contributed by atoms with Gasteiger partial charge in [-0.1, -0.05) is 17.8 Å². The summed E-state index contributed by atoms with van der Waals surface area (Å²) in [5.74, 6) is -0.726. The number of hydrogen-bond acceptors (Lipinski definition) is 6. The van der Waals surface area contributed by atoms with Crippen LogP contribution in [-0.2, 0) is 4.79 Å². The molecule has 2 aromatic rings. The zero-order chi connectivity index (χ0) is 15.0. The molecule has 0 bridgehead atoms. The van der Waals surface area contributed by atoms with Crippen molar-refractivity contribution in [1.29, 1.82) is 0 Å². The van der Waals surface area contributed by atoms with Crippen molar-refractivity contribution in [3.63, 3.8) is 0 Å². The molecule has 3 rings (SSSR count). The van der Waals surface area contributed by atoms with Gasteiger partial charge in [-0.3, -0.25) is 4.79 Å². The topological polar surface area (TPSA) is 110 Å². The fourth-order valence-corrected chi connectivity index (χ4v) is 3.46. The number of thiazole rings is 1. The normalized spacial score (nSPS) is 16.6. The zero-order valence-corrected chi connectivity index (χ0v) is 11.9. The first-order valence-electron chi connectivity index (χ1n) is 6.56. The van der Waals surface area contributed by atoms with Gasteiger partial charge < -0.3 is 20.5 Å². The van der Waals surface area contributed by atoms with Crippen LogP contribution in [0.4, 0.5) is 11.6 Å². The number of aromatic nitrogens is 2. The average Bonchev–Trinajstić information content (AvgIpc) is 2.90. The van der Waals surface area contributed by atoms with Crippen LogP contribution in [0.5, 0.6) is 0 Å². The molecule has 9 heteroatoms. The lowest BCUT2D eigenvalue weighted by atomic mass is 9.66. The Morgan fingerprint density at radius 1 is 1.62 bits per heavy atom. The number of rotatable bonds is 6. The van der Waals surface area contributed by atoms with E-state index < -0.39 is 10.9 Å². The fraction of sp³-hybridized carbons (Fsp3) is 0.500. The minimum Gasteiger partial charge on any atom is -0.481 e. The average molecular weight is 310 g/mol. The molecule has 1 fully saturated rings. The molecule has 0 amide bonds. The van der Waals surface area contributed by atoms with E-state index in [1.165, 1.54) is 15.7 Å². The summed E-state index contributed by atoms with van der Waals surface area (Å²) >= 11 is 1.32. The van der Waals surface area contributed by atoms with Gasteiger partial charge in [-0.05, 0) is 23.2 Å². The third-order valence-corrected chi connectivity index (χ3v) is 4.74. The van der Waals surface area contributed by atoms with Gasteiger partial charge in [-0.25, -0.2) is 0 Å². The minimum atomic E-state index is -0.836. The molecular formula is C12H14N4O4S. The molecule has 21 heavy (non-hydrogen) atoms. The summed E-state index contributed by atoms with van der Waals surface area (Å²) in [6.07, 6.45) is 4.32. The molecule has 8 nitrogen and oxygen atoms in total. The lowest BCUT2D eigenvalue weighted by Gasteiger charge is -2.40. The lowest BCUT2D eigenvalue weighted by molar-refractivity contribution is -0.389. The molecule has 112 valence electrons. The maximum Gasteiger partial charge on any atom is 0.372 e. The first-order valence-corrected chi connectivity index (χ1v) is 7.44. The Hall–Kier alpha value is -2.16. The Morgan fingerprint density at radius 3 is 2.95 bits per heavy atom. The summed E-state index contributed by atoms with van der Waals surface area (Å²) in [5, 5.41) is 24.9. The van der Waals surface area contributed by atoms with Crippen LogP contribution in [0.25, 0.3) is 4.96 Å². The standard InChI is InChI=1S/C12H14N4O4S/c17-8(18)6-12(2-1-3-12)7-13-9-10(16(19)20)15-4-5-21-11(15)14-9/h4-5,13H,1-3,6-7H2,(H,17,18). The first kappa shape index (κ1) is 13.8. The number of anilines is 1. The maximum absolute atomic E-state index is 11.2. The number of carboxylic acid groups (broad SMARTS) is 1. The van der Waals surface area contributed by atoms with Crippen LogP contribution in [0, 0.1) is 15.5 Å². The van der Waals surface area contributed by atoms with Gasteiger partial charge in [0.25, 0.3) is 4.96 Å². The molecule has 0 radical (unpaired) electrons. The van der Waals surface area contributed by atoms with Crippen molar-refractivity contribution in [3.05, 3.63) is 21.7 Å². The third-order valence-electron chi connectivity index (χ3n) is 3.98. The van der Waals surface area contributed by atoms with Gasteiger partial charge in [0.15, 0.2) is 0 Å². The highest BCUT2D eigenvalue weighted by Crippen LogP contribution is 2.44. The molecule has 0 saturated heterocycles. The van der Waals surface area contributed by atoms with E-state index in [-0.39, 0.29) is 23.5 Å². The SMILES string of the molecule is O=C(O)CC1(CNc2nc3sccn3c2[N+](=O)[O-])CCC1. The van der Waals surface area contributed by atoms with Crippen LogP contribution >= 0.6 is 11.3 Å². The zero-order valence-electron chi connectivity index (χ0n) is 11.1. The minimum absolute atomic E-state index is 0.0794. The number of fused-ring (bicyclic) bond motifs is 1. The number of nitrogens with one attached hydrogen (secondary N) is 1. The Kier molecular flexibility index (Phi) is 3.28. The third kappa shape index (κ3) is 2.44. The summed E-state index contributed by atoms with van der Waals surface area (Å²) in [4.78, 5) is 26.4. The lowest BCUT2D eigenvalue weighted by Crippen LogP contribution is -2.38. The van der Waals surface area contributed by atoms with Crippen molar-refractivity contribution < 1.29 is 14.8 Å². The number of carboxylic acids is 1. The Balaban J connectivity index is 1.81. The van der Waals surface area contributed by atoms with Gasteiger partial charge in [0, 0.05) is 11.9 Å². The molecular weight excluding hydrogens is 296 g/mol. The van der Waals surface area contributed by atoms with Crippen molar-refractivity contribution in [3.8, 4) is 0 Å². The smallest absolute Gasteiger partial charge is 0.372 e. The second kappa shape index (κ2) is 4.99. The van der Waals surface area contributed by atoms with Crippen molar-refractivity contribution in [2.75, 3.05) is 11.9 Å². The molecule has 0 unspecified atom stereocenters. The van der Waals surface area contributed by atoms with E-state index in [4.69, 9.17) is 5.11 Å². The second-order valence-electron chi connectivity index (χ2n) is 5.37. The van der Waals surface area contributed by atoms with Crippen LogP contribution in [0.3, 0.4) is 0 Å². The van der Waals surface area contributed by atoms with Gasteiger partial charge in [0.1, 0.15) is 6.20 Å². The number of aliphatic carboxylic acids is 1. The van der Waals surface area contributed by atoms with Crippen LogP contribution in [-0.4, -0.2) is 31.9 Å². The van der Waals surface area contributed by atoms with Gasteiger partial charge >= 0.3 is 11.8 Å². The monoisotopic (exact) mass is 310 g/mol. The van der Waals surface area contributed by atoms with Crippen molar-refractivity contribution in [1.82, 2.24) is 9.38 Å². The van der Waals surface area contributed by atoms with E-state index >= 15 is 0 Å². The molecule has 0 spiro atoms. The number of hydrogen-bond donors (Lipinski definition) is 2. The fourth-order valence-electron chi connectivity index (χ4n) is 2.75. The summed E-state index contributed by atoms with van der Waals surface area (Å²) in [5.41, 5.74) is -0.309. The Labute approximate surface area is 123 Å². The number of nitrogens with zero attached hydrogens (tertiary/aromatic N) is 3. The van der Waals surface area contributed by atoms with E-state index in [1.807, 2.05) is 0 Å².